The largest absolute Gasteiger partial charge is 0.466 e. The normalized spacial score (nSPS) is 13.6. The van der Waals surface area contributed by atoms with Crippen molar-refractivity contribution >= 4 is 11.8 Å². The lowest BCUT2D eigenvalue weighted by Gasteiger charge is -2.02. The summed E-state index contributed by atoms with van der Waals surface area (Å²) < 4.78 is 4.85. The molecule has 4 heteroatoms. The summed E-state index contributed by atoms with van der Waals surface area (Å²) >= 11 is 0. The number of carbonyl (C=O) groups is 2. The minimum absolute atomic E-state index is 0.0961. The molecule has 0 aromatic carbocycles. The van der Waals surface area contributed by atoms with Crippen molar-refractivity contribution < 1.29 is 19.4 Å². The molecular formula is C16H28O4. The van der Waals surface area contributed by atoms with Crippen molar-refractivity contribution in [1.29, 1.82) is 0 Å². The minimum Gasteiger partial charge on any atom is -0.466 e. The zero-order chi connectivity index (χ0) is 15.2. The van der Waals surface area contributed by atoms with Crippen LogP contribution in [-0.4, -0.2) is 30.1 Å². The van der Waals surface area contributed by atoms with E-state index in [4.69, 9.17) is 9.84 Å². The molecule has 0 spiro atoms. The first-order valence-electron chi connectivity index (χ1n) is 7.64. The summed E-state index contributed by atoms with van der Waals surface area (Å²) in [4.78, 5) is 22.4. The second-order valence-corrected chi connectivity index (χ2v) is 4.73. The Morgan fingerprint density at radius 1 is 1.25 bits per heavy atom. The average molecular weight is 284 g/mol. The topological polar surface area (TPSA) is 63.6 Å². The summed E-state index contributed by atoms with van der Waals surface area (Å²) in [5.41, 5.74) is 1.02. The van der Waals surface area contributed by atoms with E-state index < -0.39 is 0 Å². The van der Waals surface area contributed by atoms with E-state index in [1.54, 1.807) is 6.92 Å². The van der Waals surface area contributed by atoms with Crippen molar-refractivity contribution in [2.45, 2.75) is 65.2 Å². The van der Waals surface area contributed by atoms with E-state index >= 15 is 0 Å². The quantitative estimate of drug-likeness (QED) is 0.549. The molecule has 20 heavy (non-hydrogen) atoms. The standard InChI is InChI=1S/C14H22O3.C2H6O/c1-2-17-14(16)11-6-4-3-5-8-12-9-7-10-13(12)15;1-2-3/h9H,2-8,10-11H2,1H3;3H,2H2,1H3. The molecule has 0 unspecified atom stereocenters. The first-order chi connectivity index (χ1) is 9.65. The molecule has 4 nitrogen and oxygen atoms in total. The van der Waals surface area contributed by atoms with Gasteiger partial charge in [-0.1, -0.05) is 18.9 Å². The Hall–Kier alpha value is -1.16. The van der Waals surface area contributed by atoms with E-state index in [1.807, 2.05) is 6.92 Å². The lowest BCUT2D eigenvalue weighted by Crippen LogP contribution is -2.03. The summed E-state index contributed by atoms with van der Waals surface area (Å²) in [5, 5.41) is 7.57. The van der Waals surface area contributed by atoms with Crippen LogP contribution in [0.2, 0.25) is 0 Å². The van der Waals surface area contributed by atoms with Gasteiger partial charge in [-0.3, -0.25) is 9.59 Å². The predicted octanol–water partition coefficient (Wildman–Crippen LogP) is 3.18. The van der Waals surface area contributed by atoms with E-state index in [2.05, 4.69) is 6.08 Å². The van der Waals surface area contributed by atoms with Crippen LogP contribution in [0, 0.1) is 0 Å². The van der Waals surface area contributed by atoms with Crippen LogP contribution in [0.25, 0.3) is 0 Å². The van der Waals surface area contributed by atoms with E-state index in [-0.39, 0.29) is 12.6 Å². The summed E-state index contributed by atoms with van der Waals surface area (Å²) in [6.45, 7) is 4.22. The van der Waals surface area contributed by atoms with Crippen LogP contribution in [0.1, 0.15) is 65.2 Å². The van der Waals surface area contributed by atoms with E-state index in [0.29, 0.717) is 25.2 Å². The Morgan fingerprint density at radius 3 is 2.45 bits per heavy atom. The zero-order valence-electron chi connectivity index (χ0n) is 12.8. The van der Waals surface area contributed by atoms with Crippen molar-refractivity contribution in [3.8, 4) is 0 Å². The van der Waals surface area contributed by atoms with Gasteiger partial charge in [0.25, 0.3) is 0 Å². The summed E-state index contributed by atoms with van der Waals surface area (Å²) in [5.74, 6) is 0.234. The van der Waals surface area contributed by atoms with Crippen molar-refractivity contribution in [2.75, 3.05) is 13.2 Å². The SMILES string of the molecule is CCO.CCOC(=O)CCCCCCC1=CCCC1=O. The molecule has 0 bridgehead atoms. The first-order valence-corrected chi connectivity index (χ1v) is 7.64. The molecular weight excluding hydrogens is 256 g/mol. The number of Topliss-reactive ketones (excluding diaryl/α,β-unsaturated/α-hetero) is 1. The number of aliphatic hydroxyl groups is 1. The van der Waals surface area contributed by atoms with Gasteiger partial charge in [0.05, 0.1) is 6.61 Å². The van der Waals surface area contributed by atoms with Crippen molar-refractivity contribution in [2.24, 2.45) is 0 Å². The fourth-order valence-corrected chi connectivity index (χ4v) is 2.06. The number of hydrogen-bond acceptors (Lipinski definition) is 4. The van der Waals surface area contributed by atoms with Crippen molar-refractivity contribution in [3.05, 3.63) is 11.6 Å². The van der Waals surface area contributed by atoms with Crippen LogP contribution in [0.5, 0.6) is 0 Å². The van der Waals surface area contributed by atoms with Gasteiger partial charge in [0.15, 0.2) is 5.78 Å². The van der Waals surface area contributed by atoms with Gasteiger partial charge >= 0.3 is 5.97 Å². The van der Waals surface area contributed by atoms with Crippen LogP contribution in [0.15, 0.2) is 11.6 Å². The van der Waals surface area contributed by atoms with Crippen LogP contribution in [0.4, 0.5) is 0 Å². The molecule has 0 fully saturated rings. The fourth-order valence-electron chi connectivity index (χ4n) is 2.06. The molecule has 0 aromatic heterocycles. The Morgan fingerprint density at radius 2 is 1.90 bits per heavy atom. The van der Waals surface area contributed by atoms with Gasteiger partial charge in [-0.2, -0.15) is 0 Å². The number of ether oxygens (including phenoxy) is 1. The van der Waals surface area contributed by atoms with Gasteiger partial charge < -0.3 is 9.84 Å². The average Bonchev–Trinajstić information content (AvgIpc) is 2.81. The molecule has 0 heterocycles. The van der Waals surface area contributed by atoms with Gasteiger partial charge in [-0.05, 0) is 45.1 Å². The minimum atomic E-state index is -0.0961. The van der Waals surface area contributed by atoms with Crippen molar-refractivity contribution in [1.82, 2.24) is 0 Å². The van der Waals surface area contributed by atoms with Crippen LogP contribution < -0.4 is 0 Å². The van der Waals surface area contributed by atoms with Gasteiger partial charge in [0, 0.05) is 19.4 Å². The van der Waals surface area contributed by atoms with E-state index in [9.17, 15) is 9.59 Å². The lowest BCUT2D eigenvalue weighted by molar-refractivity contribution is -0.143. The Labute approximate surface area is 122 Å². The van der Waals surface area contributed by atoms with Crippen molar-refractivity contribution in [3.63, 3.8) is 0 Å². The highest BCUT2D eigenvalue weighted by Crippen LogP contribution is 2.20. The number of hydrogen-bond donors (Lipinski definition) is 1. The van der Waals surface area contributed by atoms with Gasteiger partial charge in [-0.15, -0.1) is 0 Å². The molecule has 1 N–H and O–H groups in total. The first kappa shape index (κ1) is 18.8. The lowest BCUT2D eigenvalue weighted by atomic mass is 10.0. The molecule has 1 rings (SSSR count). The van der Waals surface area contributed by atoms with E-state index in [1.165, 1.54) is 0 Å². The number of ketones is 1. The number of allylic oxidation sites excluding steroid dienone is 2. The van der Waals surface area contributed by atoms with Gasteiger partial charge in [0.2, 0.25) is 0 Å². The number of rotatable bonds is 8. The molecule has 1 aliphatic carbocycles. The predicted molar refractivity (Wildman–Crippen MR) is 79.4 cm³/mol. The third kappa shape index (κ3) is 9.73. The zero-order valence-corrected chi connectivity index (χ0v) is 12.8. The summed E-state index contributed by atoms with van der Waals surface area (Å²) in [6.07, 6.45) is 9.22. The molecule has 0 saturated carbocycles. The Kier molecular flexibility index (Phi) is 12.1. The monoisotopic (exact) mass is 284 g/mol. The molecule has 0 radical (unpaired) electrons. The molecule has 116 valence electrons. The number of esters is 1. The van der Waals surface area contributed by atoms with Gasteiger partial charge in [-0.25, -0.2) is 0 Å². The number of carbonyl (C=O) groups excluding carboxylic acids is 2. The molecule has 0 amide bonds. The molecule has 0 saturated heterocycles. The maximum Gasteiger partial charge on any atom is 0.305 e. The summed E-state index contributed by atoms with van der Waals surface area (Å²) in [6, 6.07) is 0. The maximum atomic E-state index is 11.3. The Bertz CT molecular complexity index is 308. The van der Waals surface area contributed by atoms with Crippen LogP contribution >= 0.6 is 0 Å². The Balaban J connectivity index is 0.00000110. The second kappa shape index (κ2) is 12.9. The molecule has 1 aliphatic rings. The highest BCUT2D eigenvalue weighted by Gasteiger charge is 2.13. The highest BCUT2D eigenvalue weighted by atomic mass is 16.5. The summed E-state index contributed by atoms with van der Waals surface area (Å²) in [7, 11) is 0. The molecule has 0 aliphatic heterocycles. The second-order valence-electron chi connectivity index (χ2n) is 4.73. The maximum absolute atomic E-state index is 11.3. The third-order valence-electron chi connectivity index (χ3n) is 3.00. The number of aliphatic hydroxyl groups excluding tert-OH is 1. The molecule has 0 aromatic rings. The van der Waals surface area contributed by atoms with Crippen LogP contribution in [-0.2, 0) is 14.3 Å². The smallest absolute Gasteiger partial charge is 0.305 e. The fraction of sp³-hybridized carbons (Fsp3) is 0.750. The number of unbranched alkanes of at least 4 members (excludes halogenated alkanes) is 3. The van der Waals surface area contributed by atoms with Gasteiger partial charge in [0.1, 0.15) is 0 Å². The van der Waals surface area contributed by atoms with E-state index in [0.717, 1.165) is 44.1 Å². The third-order valence-corrected chi connectivity index (χ3v) is 3.00. The molecule has 0 atom stereocenters. The van der Waals surface area contributed by atoms with Crippen LogP contribution in [0.3, 0.4) is 0 Å². The highest BCUT2D eigenvalue weighted by molar-refractivity contribution is 5.97.